The number of para-hydroxylation sites is 1. The van der Waals surface area contributed by atoms with Crippen molar-refractivity contribution in [2.45, 2.75) is 32.9 Å². The van der Waals surface area contributed by atoms with Gasteiger partial charge in [-0.3, -0.25) is 0 Å². The molecule has 0 saturated heterocycles. The molecule has 0 radical (unpaired) electrons. The first-order valence-corrected chi connectivity index (χ1v) is 8.26. The van der Waals surface area contributed by atoms with Crippen LogP contribution in [0.5, 0.6) is 5.75 Å². The summed E-state index contributed by atoms with van der Waals surface area (Å²) in [4.78, 5) is 0. The van der Waals surface area contributed by atoms with Crippen LogP contribution in [0.15, 0.2) is 24.8 Å². The van der Waals surface area contributed by atoms with Crippen LogP contribution in [0, 0.1) is 0 Å². The molecule has 0 saturated carbocycles. The summed E-state index contributed by atoms with van der Waals surface area (Å²) in [6.45, 7) is 12.6. The second-order valence-electron chi connectivity index (χ2n) is 4.29. The van der Waals surface area contributed by atoms with Gasteiger partial charge in [0.25, 0.3) is 0 Å². The molecule has 82 valence electrons. The van der Waals surface area contributed by atoms with E-state index in [1.54, 1.807) is 0 Å². The molecule has 0 aliphatic carbocycles. The number of hydrogen-bond acceptors (Lipinski definition) is 1. The maximum atomic E-state index is 6.00. The quantitative estimate of drug-likeness (QED) is 0.701. The molecule has 1 aromatic rings. The van der Waals surface area contributed by atoms with Crippen molar-refractivity contribution in [3.8, 4) is 5.75 Å². The zero-order valence-electron chi connectivity index (χ0n) is 10.1. The predicted molar refractivity (Wildman–Crippen MR) is 70.1 cm³/mol. The molecule has 1 nitrogen and oxygen atoms in total. The van der Waals surface area contributed by atoms with Crippen molar-refractivity contribution in [3.63, 3.8) is 0 Å². The van der Waals surface area contributed by atoms with Gasteiger partial charge in [0.05, 0.1) is 0 Å². The molecule has 0 N–H and O–H groups in total. The van der Waals surface area contributed by atoms with Crippen molar-refractivity contribution in [2.24, 2.45) is 0 Å². The fourth-order valence-corrected chi connectivity index (χ4v) is 2.30. The van der Waals surface area contributed by atoms with E-state index in [0.29, 0.717) is 5.92 Å². The van der Waals surface area contributed by atoms with E-state index < -0.39 is 9.04 Å². The maximum Gasteiger partial charge on any atom is 0.229 e. The summed E-state index contributed by atoms with van der Waals surface area (Å²) in [5, 5.41) is 0. The van der Waals surface area contributed by atoms with E-state index in [1.165, 1.54) is 5.56 Å². The third-order valence-corrected chi connectivity index (χ3v) is 2.98. The molecule has 0 unspecified atom stereocenters. The summed E-state index contributed by atoms with van der Waals surface area (Å²) in [5.41, 5.74) is 2.40. The van der Waals surface area contributed by atoms with Gasteiger partial charge in [-0.1, -0.05) is 44.7 Å². The Morgan fingerprint density at radius 3 is 2.47 bits per heavy atom. The van der Waals surface area contributed by atoms with Gasteiger partial charge in [-0.15, -0.1) is 0 Å². The smallest absolute Gasteiger partial charge is 0.229 e. The highest BCUT2D eigenvalue weighted by molar-refractivity contribution is 6.49. The first kappa shape index (κ1) is 12.0. The number of hydrogen-bond donors (Lipinski definition) is 0. The zero-order chi connectivity index (χ0) is 11.4. The van der Waals surface area contributed by atoms with Crippen LogP contribution < -0.4 is 4.43 Å². The minimum absolute atomic E-state index is 0.493. The van der Waals surface area contributed by atoms with E-state index in [0.717, 1.165) is 11.3 Å². The van der Waals surface area contributed by atoms with E-state index in [4.69, 9.17) is 4.43 Å². The van der Waals surface area contributed by atoms with Crippen molar-refractivity contribution in [1.29, 1.82) is 0 Å². The lowest BCUT2D eigenvalue weighted by molar-refractivity contribution is 0.564. The molecule has 1 rings (SSSR count). The van der Waals surface area contributed by atoms with Crippen LogP contribution in [0.25, 0.3) is 6.08 Å². The first-order valence-electron chi connectivity index (χ1n) is 5.48. The van der Waals surface area contributed by atoms with E-state index in [1.807, 2.05) is 6.08 Å². The molecular formula is C13H20OSi. The Labute approximate surface area is 94.5 Å². The van der Waals surface area contributed by atoms with Crippen LogP contribution in [0.3, 0.4) is 0 Å². The van der Waals surface area contributed by atoms with Gasteiger partial charge in [0, 0.05) is 5.56 Å². The Kier molecular flexibility index (Phi) is 4.15. The standard InChI is InChI=1S/C13H20OSi/c1-6-11-8-7-9-12(10(2)3)13(11)14-15(4)5/h6-10,15H,1H2,2-5H3. The fraction of sp³-hybridized carbons (Fsp3) is 0.385. The van der Waals surface area contributed by atoms with Gasteiger partial charge in [0.1, 0.15) is 5.75 Å². The molecule has 0 spiro atoms. The average Bonchev–Trinajstić information content (AvgIpc) is 2.16. The largest absolute Gasteiger partial charge is 0.546 e. The lowest BCUT2D eigenvalue weighted by Gasteiger charge is -2.18. The molecule has 0 heterocycles. The monoisotopic (exact) mass is 220 g/mol. The number of rotatable bonds is 4. The van der Waals surface area contributed by atoms with Gasteiger partial charge in [-0.05, 0) is 24.6 Å². The molecule has 2 heteroatoms. The van der Waals surface area contributed by atoms with Gasteiger partial charge >= 0.3 is 0 Å². The van der Waals surface area contributed by atoms with Crippen LogP contribution in [-0.4, -0.2) is 9.04 Å². The Morgan fingerprint density at radius 1 is 1.33 bits per heavy atom. The summed E-state index contributed by atoms with van der Waals surface area (Å²) in [6, 6.07) is 6.27. The Hall–Kier alpha value is -1.02. The van der Waals surface area contributed by atoms with Crippen LogP contribution in [-0.2, 0) is 0 Å². The normalized spacial score (nSPS) is 10.8. The first-order chi connectivity index (χ1) is 7.06. The molecule has 1 aromatic carbocycles. The third kappa shape index (κ3) is 2.96. The summed E-state index contributed by atoms with van der Waals surface area (Å²) < 4.78 is 6.00. The van der Waals surface area contributed by atoms with E-state index in [-0.39, 0.29) is 0 Å². The van der Waals surface area contributed by atoms with Crippen molar-refractivity contribution >= 4 is 15.1 Å². The lowest BCUT2D eigenvalue weighted by atomic mass is 9.99. The summed E-state index contributed by atoms with van der Waals surface area (Å²) >= 11 is 0. The van der Waals surface area contributed by atoms with Crippen LogP contribution in [0.2, 0.25) is 13.1 Å². The molecule has 0 aliphatic heterocycles. The SMILES string of the molecule is C=Cc1cccc(C(C)C)c1O[SiH](C)C. The molecule has 0 amide bonds. The molecule has 0 bridgehead atoms. The Balaban J connectivity index is 3.20. The predicted octanol–water partition coefficient (Wildman–Crippen LogP) is 3.82. The van der Waals surface area contributed by atoms with Crippen molar-refractivity contribution < 1.29 is 4.43 Å². The highest BCUT2D eigenvalue weighted by Crippen LogP contribution is 2.31. The highest BCUT2D eigenvalue weighted by Gasteiger charge is 2.12. The third-order valence-electron chi connectivity index (χ3n) is 2.27. The highest BCUT2D eigenvalue weighted by atomic mass is 28.3. The van der Waals surface area contributed by atoms with Crippen molar-refractivity contribution in [2.75, 3.05) is 0 Å². The van der Waals surface area contributed by atoms with Crippen LogP contribution in [0.4, 0.5) is 0 Å². The van der Waals surface area contributed by atoms with E-state index >= 15 is 0 Å². The topological polar surface area (TPSA) is 9.23 Å². The molecule has 0 aromatic heterocycles. The summed E-state index contributed by atoms with van der Waals surface area (Å²) in [6.07, 6.45) is 1.87. The fourth-order valence-electron chi connectivity index (χ4n) is 1.56. The van der Waals surface area contributed by atoms with Crippen LogP contribution in [0.1, 0.15) is 30.9 Å². The summed E-state index contributed by atoms with van der Waals surface area (Å²) in [7, 11) is -1.06. The summed E-state index contributed by atoms with van der Waals surface area (Å²) in [5.74, 6) is 1.54. The average molecular weight is 220 g/mol. The van der Waals surface area contributed by atoms with E-state index in [9.17, 15) is 0 Å². The zero-order valence-corrected chi connectivity index (χ0v) is 11.2. The second-order valence-corrected chi connectivity index (χ2v) is 6.62. The second kappa shape index (κ2) is 5.17. The molecule has 0 atom stereocenters. The van der Waals surface area contributed by atoms with Gasteiger partial charge in [0.2, 0.25) is 9.04 Å². The Morgan fingerprint density at radius 2 is 2.00 bits per heavy atom. The minimum Gasteiger partial charge on any atom is -0.546 e. The van der Waals surface area contributed by atoms with E-state index in [2.05, 4.69) is 51.7 Å². The molecular weight excluding hydrogens is 200 g/mol. The molecule has 0 fully saturated rings. The number of benzene rings is 1. The van der Waals surface area contributed by atoms with Gasteiger partial charge in [-0.25, -0.2) is 0 Å². The molecule has 15 heavy (non-hydrogen) atoms. The maximum absolute atomic E-state index is 6.00. The van der Waals surface area contributed by atoms with Gasteiger partial charge in [-0.2, -0.15) is 0 Å². The Bertz CT molecular complexity index is 342. The van der Waals surface area contributed by atoms with Crippen molar-refractivity contribution in [3.05, 3.63) is 35.9 Å². The van der Waals surface area contributed by atoms with Crippen molar-refractivity contribution in [1.82, 2.24) is 0 Å². The lowest BCUT2D eigenvalue weighted by Crippen LogP contribution is -2.13. The molecule has 0 aliphatic rings. The van der Waals surface area contributed by atoms with Gasteiger partial charge in [0.15, 0.2) is 0 Å². The van der Waals surface area contributed by atoms with Gasteiger partial charge < -0.3 is 4.43 Å². The van der Waals surface area contributed by atoms with Crippen LogP contribution >= 0.6 is 0 Å². The minimum atomic E-state index is -1.06.